The predicted octanol–water partition coefficient (Wildman–Crippen LogP) is 3.57. The summed E-state index contributed by atoms with van der Waals surface area (Å²) in [5, 5.41) is 5.39. The topological polar surface area (TPSA) is 55.1 Å². The number of fused-ring (bicyclic) bond motifs is 1. The first-order chi connectivity index (χ1) is 9.74. The second-order valence-electron chi connectivity index (χ2n) is 6.22. The van der Waals surface area contributed by atoms with E-state index < -0.39 is 0 Å². The Balaban J connectivity index is 0.00000161. The van der Waals surface area contributed by atoms with E-state index in [2.05, 4.69) is 16.8 Å². The van der Waals surface area contributed by atoms with Crippen molar-refractivity contribution in [3.8, 4) is 0 Å². The van der Waals surface area contributed by atoms with Gasteiger partial charge in [0, 0.05) is 17.3 Å². The van der Waals surface area contributed by atoms with Gasteiger partial charge in [0.2, 0.25) is 5.91 Å². The largest absolute Gasteiger partial charge is 0.349 e. The number of rotatable bonds is 3. The highest BCUT2D eigenvalue weighted by Crippen LogP contribution is 2.33. The normalized spacial score (nSPS) is 28.3. The Hall–Kier alpha value is -0.580. The van der Waals surface area contributed by atoms with Crippen LogP contribution in [-0.4, -0.2) is 11.9 Å². The zero-order valence-corrected chi connectivity index (χ0v) is 14.0. The fourth-order valence-electron chi connectivity index (χ4n) is 3.62. The van der Waals surface area contributed by atoms with Gasteiger partial charge in [-0.2, -0.15) is 0 Å². The molecule has 1 aromatic rings. The van der Waals surface area contributed by atoms with Crippen molar-refractivity contribution in [1.29, 1.82) is 0 Å². The summed E-state index contributed by atoms with van der Waals surface area (Å²) in [6.07, 6.45) is 8.68. The molecule has 3 N–H and O–H groups in total. The second-order valence-corrected chi connectivity index (χ2v) is 7.22. The smallest absolute Gasteiger partial charge is 0.220 e. The molecule has 0 spiro atoms. The van der Waals surface area contributed by atoms with Gasteiger partial charge in [-0.05, 0) is 55.0 Å². The number of hydrogen-bond acceptors (Lipinski definition) is 3. The Morgan fingerprint density at radius 1 is 1.29 bits per heavy atom. The average molecular weight is 329 g/mol. The van der Waals surface area contributed by atoms with Crippen LogP contribution in [0, 0.1) is 5.92 Å². The van der Waals surface area contributed by atoms with E-state index in [9.17, 15) is 4.79 Å². The minimum atomic E-state index is 0. The lowest BCUT2D eigenvalue weighted by atomic mass is 9.82. The van der Waals surface area contributed by atoms with E-state index in [1.54, 1.807) is 0 Å². The van der Waals surface area contributed by atoms with Crippen LogP contribution in [-0.2, 0) is 11.2 Å². The first kappa shape index (κ1) is 16.8. The molecule has 2 aliphatic rings. The zero-order chi connectivity index (χ0) is 13.9. The molecule has 0 aliphatic heterocycles. The SMILES string of the molecule is Cl.NC1CCCCC1CC(=O)NC1CCCc2sccc21. The highest BCUT2D eigenvalue weighted by molar-refractivity contribution is 7.10. The lowest BCUT2D eigenvalue weighted by molar-refractivity contribution is -0.123. The summed E-state index contributed by atoms with van der Waals surface area (Å²) >= 11 is 1.82. The highest BCUT2D eigenvalue weighted by Gasteiger charge is 2.27. The number of nitrogens with two attached hydrogens (primary N) is 1. The molecule has 21 heavy (non-hydrogen) atoms. The maximum atomic E-state index is 12.3. The lowest BCUT2D eigenvalue weighted by Gasteiger charge is -2.29. The van der Waals surface area contributed by atoms with Gasteiger partial charge in [0.15, 0.2) is 0 Å². The van der Waals surface area contributed by atoms with Crippen molar-refractivity contribution < 1.29 is 4.79 Å². The molecule has 3 atom stereocenters. The van der Waals surface area contributed by atoms with E-state index in [4.69, 9.17) is 5.73 Å². The molecule has 5 heteroatoms. The van der Waals surface area contributed by atoms with Crippen LogP contribution in [0.25, 0.3) is 0 Å². The van der Waals surface area contributed by atoms with Gasteiger partial charge in [0.1, 0.15) is 0 Å². The summed E-state index contributed by atoms with van der Waals surface area (Å²) in [5.74, 6) is 0.575. The molecule has 1 aromatic heterocycles. The van der Waals surface area contributed by atoms with Crippen LogP contribution in [0.1, 0.15) is 61.4 Å². The zero-order valence-electron chi connectivity index (χ0n) is 12.3. The third-order valence-corrected chi connectivity index (χ3v) is 5.80. The van der Waals surface area contributed by atoms with Crippen molar-refractivity contribution in [1.82, 2.24) is 5.32 Å². The number of halogens is 1. The molecule has 0 aromatic carbocycles. The molecule has 3 unspecified atom stereocenters. The molecule has 3 rings (SSSR count). The predicted molar refractivity (Wildman–Crippen MR) is 89.9 cm³/mol. The van der Waals surface area contributed by atoms with Gasteiger partial charge in [0.05, 0.1) is 6.04 Å². The molecule has 118 valence electrons. The average Bonchev–Trinajstić information content (AvgIpc) is 2.91. The molecule has 1 fully saturated rings. The van der Waals surface area contributed by atoms with Gasteiger partial charge in [-0.15, -0.1) is 23.7 Å². The minimum Gasteiger partial charge on any atom is -0.349 e. The maximum absolute atomic E-state index is 12.3. The molecular formula is C16H25ClN2OS. The van der Waals surface area contributed by atoms with Crippen molar-refractivity contribution in [3.05, 3.63) is 21.9 Å². The summed E-state index contributed by atoms with van der Waals surface area (Å²) in [5.41, 5.74) is 7.49. The fourth-order valence-corrected chi connectivity index (χ4v) is 4.61. The van der Waals surface area contributed by atoms with Crippen LogP contribution < -0.4 is 11.1 Å². The fraction of sp³-hybridized carbons (Fsp3) is 0.688. The summed E-state index contributed by atoms with van der Waals surface area (Å²) in [6, 6.07) is 2.63. The molecule has 0 saturated heterocycles. The van der Waals surface area contributed by atoms with Crippen molar-refractivity contribution >= 4 is 29.7 Å². The number of amides is 1. The van der Waals surface area contributed by atoms with Gasteiger partial charge in [-0.3, -0.25) is 4.79 Å². The van der Waals surface area contributed by atoms with E-state index in [0.717, 1.165) is 19.3 Å². The van der Waals surface area contributed by atoms with Crippen LogP contribution >= 0.6 is 23.7 Å². The number of aryl methyl sites for hydroxylation is 1. The van der Waals surface area contributed by atoms with E-state index in [1.807, 2.05) is 11.3 Å². The highest BCUT2D eigenvalue weighted by atomic mass is 35.5. The van der Waals surface area contributed by atoms with Crippen LogP contribution in [0.5, 0.6) is 0 Å². The number of thiophene rings is 1. The van der Waals surface area contributed by atoms with E-state index in [0.29, 0.717) is 12.3 Å². The lowest BCUT2D eigenvalue weighted by Crippen LogP contribution is -2.38. The van der Waals surface area contributed by atoms with Crippen molar-refractivity contribution in [2.45, 2.75) is 63.5 Å². The quantitative estimate of drug-likeness (QED) is 0.891. The standard InChI is InChI=1S/C16H24N2OS.ClH/c17-13-5-2-1-4-11(13)10-16(19)18-14-6-3-7-15-12(14)8-9-20-15;/h8-9,11,13-14H,1-7,10,17H2,(H,18,19);1H. The molecule has 0 bridgehead atoms. The summed E-state index contributed by atoms with van der Waals surface area (Å²) in [7, 11) is 0. The second kappa shape index (κ2) is 7.61. The molecule has 0 radical (unpaired) electrons. The third-order valence-electron chi connectivity index (χ3n) is 4.80. The van der Waals surface area contributed by atoms with Crippen LogP contribution in [0.3, 0.4) is 0 Å². The van der Waals surface area contributed by atoms with Gasteiger partial charge in [-0.1, -0.05) is 12.8 Å². The first-order valence-electron chi connectivity index (χ1n) is 7.85. The molecule has 3 nitrogen and oxygen atoms in total. The minimum absolute atomic E-state index is 0. The van der Waals surface area contributed by atoms with Gasteiger partial charge in [0.25, 0.3) is 0 Å². The van der Waals surface area contributed by atoms with Crippen LogP contribution in [0.4, 0.5) is 0 Å². The van der Waals surface area contributed by atoms with Crippen molar-refractivity contribution in [2.75, 3.05) is 0 Å². The van der Waals surface area contributed by atoms with Gasteiger partial charge >= 0.3 is 0 Å². The van der Waals surface area contributed by atoms with Crippen molar-refractivity contribution in [2.24, 2.45) is 11.7 Å². The summed E-state index contributed by atoms with van der Waals surface area (Å²) in [4.78, 5) is 13.7. The monoisotopic (exact) mass is 328 g/mol. The molecule has 2 aliphatic carbocycles. The van der Waals surface area contributed by atoms with Crippen molar-refractivity contribution in [3.63, 3.8) is 0 Å². The third kappa shape index (κ3) is 3.99. The Kier molecular flexibility index (Phi) is 6.08. The first-order valence-corrected chi connectivity index (χ1v) is 8.73. The Morgan fingerprint density at radius 3 is 2.90 bits per heavy atom. The number of carbonyl (C=O) groups excluding carboxylic acids is 1. The van der Waals surface area contributed by atoms with E-state index in [1.165, 1.54) is 36.1 Å². The van der Waals surface area contributed by atoms with E-state index >= 15 is 0 Å². The number of nitrogens with one attached hydrogen (secondary N) is 1. The maximum Gasteiger partial charge on any atom is 0.220 e. The van der Waals surface area contributed by atoms with Crippen LogP contribution in [0.2, 0.25) is 0 Å². The Bertz CT molecular complexity index is 477. The molecule has 1 saturated carbocycles. The molecular weight excluding hydrogens is 304 g/mol. The van der Waals surface area contributed by atoms with Gasteiger partial charge < -0.3 is 11.1 Å². The Morgan fingerprint density at radius 2 is 2.10 bits per heavy atom. The number of carbonyl (C=O) groups is 1. The number of hydrogen-bond donors (Lipinski definition) is 2. The van der Waals surface area contributed by atoms with E-state index in [-0.39, 0.29) is 30.4 Å². The molecule has 1 amide bonds. The van der Waals surface area contributed by atoms with Crippen LogP contribution in [0.15, 0.2) is 11.4 Å². The summed E-state index contributed by atoms with van der Waals surface area (Å²) < 4.78 is 0. The summed E-state index contributed by atoms with van der Waals surface area (Å²) in [6.45, 7) is 0. The Labute approximate surface area is 137 Å². The van der Waals surface area contributed by atoms with Gasteiger partial charge in [-0.25, -0.2) is 0 Å². The molecule has 1 heterocycles.